The fourth-order valence-electron chi connectivity index (χ4n) is 5.30. The lowest BCUT2D eigenvalue weighted by Crippen LogP contribution is -2.59. The van der Waals surface area contributed by atoms with Gasteiger partial charge in [-0.3, -0.25) is 0 Å². The van der Waals surface area contributed by atoms with Gasteiger partial charge in [0.1, 0.15) is 5.60 Å². The molecule has 4 rings (SSSR count). The number of alkyl halides is 6. The van der Waals surface area contributed by atoms with E-state index in [0.29, 0.717) is 11.8 Å². The van der Waals surface area contributed by atoms with Crippen LogP contribution in [0.1, 0.15) is 45.4 Å². The van der Waals surface area contributed by atoms with E-state index in [-0.39, 0.29) is 11.8 Å². The second-order valence-corrected chi connectivity index (χ2v) is 8.51. The van der Waals surface area contributed by atoms with Gasteiger partial charge >= 0.3 is 18.3 Å². The molecule has 0 aliphatic heterocycles. The second-order valence-electron chi connectivity index (χ2n) is 8.51. The maximum atomic E-state index is 12.8. The van der Waals surface area contributed by atoms with Gasteiger partial charge < -0.3 is 9.84 Å². The number of hydrogen-bond donors (Lipinski definition) is 1. The van der Waals surface area contributed by atoms with E-state index in [1.54, 1.807) is 6.92 Å². The van der Waals surface area contributed by atoms with E-state index in [2.05, 4.69) is 6.58 Å². The van der Waals surface area contributed by atoms with Crippen molar-refractivity contribution >= 4 is 5.97 Å². The Morgan fingerprint density at radius 1 is 1.00 bits per heavy atom. The molecule has 4 fully saturated rings. The minimum absolute atomic E-state index is 0.0506. The molecule has 0 aromatic rings. The van der Waals surface area contributed by atoms with E-state index in [9.17, 15) is 36.2 Å². The lowest BCUT2D eigenvalue weighted by Gasteiger charge is -2.59. The monoisotopic (exact) mass is 400 g/mol. The molecule has 4 aliphatic rings. The van der Waals surface area contributed by atoms with Crippen LogP contribution in [-0.4, -0.2) is 34.6 Å². The highest BCUT2D eigenvalue weighted by Gasteiger charge is 2.70. The normalized spacial score (nSPS) is 36.0. The molecule has 4 aliphatic carbocycles. The molecule has 9 heteroatoms. The minimum atomic E-state index is -6.00. The van der Waals surface area contributed by atoms with Crippen LogP contribution in [0.5, 0.6) is 0 Å². The van der Waals surface area contributed by atoms with Gasteiger partial charge in [0.15, 0.2) is 0 Å². The van der Waals surface area contributed by atoms with Crippen LogP contribution in [0.4, 0.5) is 26.3 Å². The topological polar surface area (TPSA) is 46.5 Å². The molecule has 4 saturated carbocycles. The largest absolute Gasteiger partial charge is 0.455 e. The van der Waals surface area contributed by atoms with E-state index in [1.807, 2.05) is 0 Å². The molecule has 4 bridgehead atoms. The number of ether oxygens (including phenoxy) is 1. The summed E-state index contributed by atoms with van der Waals surface area (Å²) >= 11 is 0. The van der Waals surface area contributed by atoms with E-state index in [4.69, 9.17) is 4.74 Å². The Kier molecular flexibility index (Phi) is 4.65. The molecule has 1 N–H and O–H groups in total. The molecule has 27 heavy (non-hydrogen) atoms. The summed E-state index contributed by atoms with van der Waals surface area (Å²) in [4.78, 5) is 12.3. The van der Waals surface area contributed by atoms with Gasteiger partial charge in [0.2, 0.25) is 0 Å². The van der Waals surface area contributed by atoms with E-state index < -0.39 is 41.5 Å². The lowest BCUT2D eigenvalue weighted by molar-refractivity contribution is -0.367. The molecule has 3 nitrogen and oxygen atoms in total. The highest BCUT2D eigenvalue weighted by atomic mass is 19.4. The Labute approximate surface area is 152 Å². The number of aliphatic hydroxyl groups is 1. The summed E-state index contributed by atoms with van der Waals surface area (Å²) < 4.78 is 82.4. The van der Waals surface area contributed by atoms with Crippen molar-refractivity contribution < 1.29 is 41.0 Å². The molecule has 0 spiro atoms. The minimum Gasteiger partial charge on any atom is -0.455 e. The molecular weight excluding hydrogens is 378 g/mol. The average Bonchev–Trinajstić information content (AvgIpc) is 2.49. The first kappa shape index (κ1) is 20.5. The third-order valence-corrected chi connectivity index (χ3v) is 6.77. The summed E-state index contributed by atoms with van der Waals surface area (Å²) in [6.45, 7) is 4.76. The Balaban J connectivity index is 1.73. The molecule has 0 saturated heterocycles. The first-order chi connectivity index (χ1) is 12.2. The van der Waals surface area contributed by atoms with Crippen molar-refractivity contribution in [1.82, 2.24) is 0 Å². The van der Waals surface area contributed by atoms with Crippen LogP contribution in [-0.2, 0) is 9.53 Å². The van der Waals surface area contributed by atoms with Crippen LogP contribution in [0.15, 0.2) is 12.2 Å². The van der Waals surface area contributed by atoms with E-state index >= 15 is 0 Å². The molecule has 154 valence electrons. The first-order valence-electron chi connectivity index (χ1n) is 8.94. The predicted octanol–water partition coefficient (Wildman–Crippen LogP) is 4.55. The Morgan fingerprint density at radius 2 is 1.41 bits per heavy atom. The summed E-state index contributed by atoms with van der Waals surface area (Å²) in [6, 6.07) is 0. The van der Waals surface area contributed by atoms with Crippen LogP contribution < -0.4 is 0 Å². The number of hydrogen-bond acceptors (Lipinski definition) is 3. The Bertz CT molecular complexity index is 594. The van der Waals surface area contributed by atoms with Crippen LogP contribution in [0.25, 0.3) is 0 Å². The fourth-order valence-corrected chi connectivity index (χ4v) is 5.30. The molecule has 0 heterocycles. The lowest BCUT2D eigenvalue weighted by atomic mass is 9.50. The number of rotatable bonds is 4. The molecule has 0 aromatic carbocycles. The van der Waals surface area contributed by atoms with E-state index in [0.717, 1.165) is 32.1 Å². The zero-order valence-corrected chi connectivity index (χ0v) is 14.8. The quantitative estimate of drug-likeness (QED) is 0.428. The zero-order valence-electron chi connectivity index (χ0n) is 14.8. The van der Waals surface area contributed by atoms with Crippen LogP contribution >= 0.6 is 0 Å². The SMILES string of the molecule is C=C(CC(O)(C(F)(F)F)C(F)(F)F)C(=O)OC1(C)C2CC3CC(C2)CC1C3. The molecule has 0 atom stereocenters. The van der Waals surface area contributed by atoms with Crippen molar-refractivity contribution in [2.24, 2.45) is 23.7 Å². The van der Waals surface area contributed by atoms with Gasteiger partial charge in [-0.2, -0.15) is 26.3 Å². The number of halogens is 6. The Hall–Kier alpha value is -1.25. The van der Waals surface area contributed by atoms with Gasteiger partial charge in [-0.05, 0) is 62.7 Å². The average molecular weight is 400 g/mol. The van der Waals surface area contributed by atoms with Gasteiger partial charge in [0, 0.05) is 12.0 Å². The zero-order chi connectivity index (χ0) is 20.4. The van der Waals surface area contributed by atoms with Crippen LogP contribution in [0.2, 0.25) is 0 Å². The predicted molar refractivity (Wildman–Crippen MR) is 82.4 cm³/mol. The van der Waals surface area contributed by atoms with Crippen LogP contribution in [0.3, 0.4) is 0 Å². The van der Waals surface area contributed by atoms with Gasteiger partial charge in [0.05, 0.1) is 0 Å². The standard InChI is InChI=1S/C18H22F6O3/c1-9(8-16(26,17(19,20)21)18(22,23)24)14(25)27-15(2)12-4-10-3-11(6-12)7-13(15)5-10/h10-13,26H,1,3-8H2,2H3. The molecule has 0 unspecified atom stereocenters. The molecule has 0 amide bonds. The molecule has 0 aromatic heterocycles. The number of carbonyl (C=O) groups excluding carboxylic acids is 1. The fraction of sp³-hybridized carbons (Fsp3) is 0.833. The van der Waals surface area contributed by atoms with E-state index in [1.165, 1.54) is 0 Å². The molecule has 0 radical (unpaired) electrons. The van der Waals surface area contributed by atoms with Crippen molar-refractivity contribution in [3.8, 4) is 0 Å². The number of esters is 1. The summed E-state index contributed by atoms with van der Waals surface area (Å²) in [5, 5.41) is 9.26. The van der Waals surface area contributed by atoms with Crippen molar-refractivity contribution in [3.63, 3.8) is 0 Å². The smallest absolute Gasteiger partial charge is 0.426 e. The maximum absolute atomic E-state index is 12.8. The van der Waals surface area contributed by atoms with Crippen molar-refractivity contribution in [2.75, 3.05) is 0 Å². The summed E-state index contributed by atoms with van der Waals surface area (Å²) in [6.07, 6.45) is -9.49. The maximum Gasteiger partial charge on any atom is 0.426 e. The first-order valence-corrected chi connectivity index (χ1v) is 8.94. The van der Waals surface area contributed by atoms with Crippen molar-refractivity contribution in [1.29, 1.82) is 0 Å². The highest BCUT2D eigenvalue weighted by molar-refractivity contribution is 5.88. The van der Waals surface area contributed by atoms with Gasteiger partial charge in [-0.1, -0.05) is 6.58 Å². The highest BCUT2D eigenvalue weighted by Crippen LogP contribution is 2.59. The number of carbonyl (C=O) groups is 1. The second kappa shape index (κ2) is 6.12. The molecular formula is C18H22F6O3. The third kappa shape index (κ3) is 3.25. The van der Waals surface area contributed by atoms with Crippen LogP contribution in [0, 0.1) is 23.7 Å². The Morgan fingerprint density at radius 3 is 1.78 bits per heavy atom. The summed E-state index contributed by atoms with van der Waals surface area (Å²) in [5.74, 6) is -0.118. The van der Waals surface area contributed by atoms with Gasteiger partial charge in [-0.25, -0.2) is 4.79 Å². The van der Waals surface area contributed by atoms with Gasteiger partial charge in [-0.15, -0.1) is 0 Å². The van der Waals surface area contributed by atoms with Crippen molar-refractivity contribution in [3.05, 3.63) is 12.2 Å². The third-order valence-electron chi connectivity index (χ3n) is 6.77. The van der Waals surface area contributed by atoms with Gasteiger partial charge in [0.25, 0.3) is 5.60 Å². The summed E-state index contributed by atoms with van der Waals surface area (Å²) in [7, 11) is 0. The summed E-state index contributed by atoms with van der Waals surface area (Å²) in [5.41, 5.74) is -6.99. The van der Waals surface area contributed by atoms with Crippen molar-refractivity contribution in [2.45, 2.75) is 69.0 Å².